The summed E-state index contributed by atoms with van der Waals surface area (Å²) in [7, 11) is 0. The minimum Gasteiger partial charge on any atom is -0.394 e. The lowest BCUT2D eigenvalue weighted by atomic mass is 9.41. The highest BCUT2D eigenvalue weighted by atomic mass is 16.8. The van der Waals surface area contributed by atoms with Crippen molar-refractivity contribution in [3.63, 3.8) is 0 Å². The molecule has 4 saturated heterocycles. The molecule has 0 bridgehead atoms. The van der Waals surface area contributed by atoms with Crippen molar-refractivity contribution in [3.8, 4) is 0 Å². The van der Waals surface area contributed by atoms with Gasteiger partial charge in [0.1, 0.15) is 42.7 Å². The maximum Gasteiger partial charge on any atom is 0.187 e. The van der Waals surface area contributed by atoms with E-state index in [2.05, 4.69) is 40.7 Å². The molecule has 7 fully saturated rings. The quantitative estimate of drug-likeness (QED) is 0.228. The highest BCUT2D eigenvalue weighted by Gasteiger charge is 2.71. The summed E-state index contributed by atoms with van der Waals surface area (Å²) in [6.07, 6.45) is -1.89. The predicted molar refractivity (Wildman–Crippen MR) is 186 cm³/mol. The Morgan fingerprint density at radius 3 is 2.27 bits per heavy atom. The monoisotopic (exact) mass is 736 g/mol. The third-order valence-corrected chi connectivity index (χ3v) is 16.1. The molecule has 0 radical (unpaired) electrons. The Morgan fingerprint density at radius 2 is 1.56 bits per heavy atom. The van der Waals surface area contributed by atoms with Crippen LogP contribution in [-0.4, -0.2) is 123 Å². The normalized spacial score (nSPS) is 58.9. The van der Waals surface area contributed by atoms with Crippen LogP contribution in [0, 0.1) is 45.8 Å². The molecule has 0 aromatic rings. The molecule has 8 aliphatic rings. The first-order chi connectivity index (χ1) is 24.6. The zero-order chi connectivity index (χ0) is 37.1. The Balaban J connectivity index is 0.984. The van der Waals surface area contributed by atoms with Crippen molar-refractivity contribution in [1.82, 2.24) is 0 Å². The molecule has 6 N–H and O–H groups in total. The van der Waals surface area contributed by atoms with Gasteiger partial charge in [-0.2, -0.15) is 0 Å². The smallest absolute Gasteiger partial charge is 0.187 e. The first kappa shape index (κ1) is 38.1. The minimum absolute atomic E-state index is 0.0159. The van der Waals surface area contributed by atoms with E-state index < -0.39 is 73.8 Å². The van der Waals surface area contributed by atoms with Crippen LogP contribution >= 0.6 is 0 Å². The summed E-state index contributed by atoms with van der Waals surface area (Å²) in [4.78, 5) is 0. The van der Waals surface area contributed by atoms with Crippen molar-refractivity contribution in [2.24, 2.45) is 45.8 Å². The molecule has 4 aliphatic heterocycles. The Hall–Kier alpha value is -0.740. The molecule has 1 spiro atoms. The highest BCUT2D eigenvalue weighted by Crippen LogP contribution is 2.74. The number of fused-ring (bicyclic) bond motifs is 7. The Morgan fingerprint density at radius 1 is 0.788 bits per heavy atom. The molecule has 8 rings (SSSR count). The molecule has 0 aromatic carbocycles. The molecule has 12 nitrogen and oxygen atoms in total. The van der Waals surface area contributed by atoms with E-state index in [-0.39, 0.29) is 28.5 Å². The van der Waals surface area contributed by atoms with E-state index in [1.54, 1.807) is 0 Å². The second kappa shape index (κ2) is 13.4. The summed E-state index contributed by atoms with van der Waals surface area (Å²) in [5, 5.41) is 63.0. The van der Waals surface area contributed by atoms with Gasteiger partial charge < -0.3 is 59.1 Å². The summed E-state index contributed by atoms with van der Waals surface area (Å²) in [6, 6.07) is 0. The molecule has 4 aliphatic carbocycles. The Kier molecular flexibility index (Phi) is 9.86. The van der Waals surface area contributed by atoms with Gasteiger partial charge in [0, 0.05) is 12.3 Å². The number of hydrogen-bond donors (Lipinski definition) is 6. The fourth-order valence-electron chi connectivity index (χ4n) is 13.2. The SMILES string of the molecule is C[C@H]1CC[C@@]2(OC1)O[C@H]1C[C@H]3[C@]4(C)CC=C5C[C@@H](O[C@@H]6O[C@H](CO)[C@@H](O)[C@H](O)[C@H]6O[C@@H]6O[C@@H](C)[C@H](O)[C@@H](O)[C@H]6O)CC[C@]5(C)[C@H]4CC[C@]3(C)[C@H]1[C@@H]2C. The van der Waals surface area contributed by atoms with E-state index in [1.807, 2.05) is 0 Å². The standard InChI is InChI=1S/C40H64O12/c1-19-7-14-40(47-18-19)20(2)28-24(52-40)16-27-38(5)11-8-22-15-23(9-12-37(22,4)26(38)10-13-39(27,28)6)49-36-34(32(45)30(43)25(17-41)50-36)51-35-33(46)31(44)29(42)21(3)48-35/h8,19-21,23-36,41-46H,7,9-18H2,1-6H3/t19-,20-,21-,23-,24-,25+,26+,27-,28-,29-,30+,31+,32-,33+,34+,35-,36+,37-,38+,39-,40+/m0/s1. The molecule has 0 aromatic heterocycles. The molecular formula is C40H64O12. The van der Waals surface area contributed by atoms with E-state index >= 15 is 0 Å². The van der Waals surface area contributed by atoms with E-state index in [9.17, 15) is 30.6 Å². The average molecular weight is 737 g/mol. The highest BCUT2D eigenvalue weighted by molar-refractivity contribution is 5.29. The minimum atomic E-state index is -1.61. The number of rotatable bonds is 5. The summed E-state index contributed by atoms with van der Waals surface area (Å²) >= 11 is 0. The van der Waals surface area contributed by atoms with Gasteiger partial charge in [0.25, 0.3) is 0 Å². The molecule has 21 atom stereocenters. The third kappa shape index (κ3) is 5.67. The van der Waals surface area contributed by atoms with Crippen LogP contribution in [-0.2, 0) is 28.4 Å². The Labute approximate surface area is 308 Å². The Bertz CT molecular complexity index is 1350. The van der Waals surface area contributed by atoms with Gasteiger partial charge in [-0.3, -0.25) is 0 Å². The molecule has 0 amide bonds. The molecular weight excluding hydrogens is 672 g/mol. The van der Waals surface area contributed by atoms with Crippen molar-refractivity contribution in [2.45, 2.75) is 179 Å². The van der Waals surface area contributed by atoms with Crippen molar-refractivity contribution < 1.29 is 59.1 Å². The zero-order valence-corrected chi connectivity index (χ0v) is 31.8. The summed E-state index contributed by atoms with van der Waals surface area (Å²) < 4.78 is 37.8. The second-order valence-corrected chi connectivity index (χ2v) is 19.0. The fourth-order valence-corrected chi connectivity index (χ4v) is 13.2. The van der Waals surface area contributed by atoms with E-state index in [1.165, 1.54) is 25.3 Å². The van der Waals surface area contributed by atoms with Crippen LogP contribution in [0.3, 0.4) is 0 Å². The van der Waals surface area contributed by atoms with Gasteiger partial charge in [-0.25, -0.2) is 0 Å². The molecule has 0 unspecified atom stereocenters. The van der Waals surface area contributed by atoms with Crippen molar-refractivity contribution in [3.05, 3.63) is 11.6 Å². The lowest BCUT2D eigenvalue weighted by molar-refractivity contribution is -0.369. The van der Waals surface area contributed by atoms with Crippen LogP contribution in [0.5, 0.6) is 0 Å². The zero-order valence-electron chi connectivity index (χ0n) is 31.8. The maximum atomic E-state index is 11.2. The second-order valence-electron chi connectivity index (χ2n) is 19.0. The molecule has 12 heteroatoms. The average Bonchev–Trinajstić information content (AvgIpc) is 3.57. The van der Waals surface area contributed by atoms with Crippen LogP contribution in [0.4, 0.5) is 0 Å². The van der Waals surface area contributed by atoms with Gasteiger partial charge in [0.05, 0.1) is 31.5 Å². The molecule has 4 heterocycles. The first-order valence-corrected chi connectivity index (χ1v) is 20.2. The molecule has 3 saturated carbocycles. The third-order valence-electron chi connectivity index (χ3n) is 16.1. The van der Waals surface area contributed by atoms with Crippen LogP contribution in [0.2, 0.25) is 0 Å². The summed E-state index contributed by atoms with van der Waals surface area (Å²) in [6.45, 7) is 14.0. The number of allylic oxidation sites excluding steroid dienone is 1. The van der Waals surface area contributed by atoms with Crippen molar-refractivity contribution >= 4 is 0 Å². The van der Waals surface area contributed by atoms with Crippen LogP contribution < -0.4 is 0 Å². The molecule has 296 valence electrons. The lowest BCUT2D eigenvalue weighted by Crippen LogP contribution is -2.64. The summed E-state index contributed by atoms with van der Waals surface area (Å²) in [5.41, 5.74) is 1.77. The fraction of sp³-hybridized carbons (Fsp3) is 0.950. The number of aliphatic hydroxyl groups is 6. The largest absolute Gasteiger partial charge is 0.394 e. The van der Waals surface area contributed by atoms with E-state index in [0.29, 0.717) is 36.0 Å². The van der Waals surface area contributed by atoms with E-state index in [4.69, 9.17) is 28.4 Å². The topological polar surface area (TPSA) is 177 Å². The molecule has 52 heavy (non-hydrogen) atoms. The van der Waals surface area contributed by atoms with Crippen molar-refractivity contribution in [2.75, 3.05) is 13.2 Å². The summed E-state index contributed by atoms with van der Waals surface area (Å²) in [5.74, 6) is 2.15. The number of hydrogen-bond acceptors (Lipinski definition) is 12. The van der Waals surface area contributed by atoms with Gasteiger partial charge in [-0.05, 0) is 98.2 Å². The van der Waals surface area contributed by atoms with Gasteiger partial charge in [-0.1, -0.05) is 46.3 Å². The number of aliphatic hydroxyl groups excluding tert-OH is 6. The van der Waals surface area contributed by atoms with Gasteiger partial charge in [-0.15, -0.1) is 0 Å². The van der Waals surface area contributed by atoms with E-state index in [0.717, 1.165) is 45.1 Å². The van der Waals surface area contributed by atoms with Gasteiger partial charge >= 0.3 is 0 Å². The van der Waals surface area contributed by atoms with Crippen LogP contribution in [0.25, 0.3) is 0 Å². The van der Waals surface area contributed by atoms with Crippen LogP contribution in [0.1, 0.15) is 99.3 Å². The van der Waals surface area contributed by atoms with Gasteiger partial charge in [0.15, 0.2) is 18.4 Å². The first-order valence-electron chi connectivity index (χ1n) is 20.2. The number of ether oxygens (including phenoxy) is 6. The lowest BCUT2D eigenvalue weighted by Gasteiger charge is -2.63. The maximum absolute atomic E-state index is 11.2. The van der Waals surface area contributed by atoms with Crippen LogP contribution in [0.15, 0.2) is 11.6 Å². The van der Waals surface area contributed by atoms with Gasteiger partial charge in [0.2, 0.25) is 0 Å². The predicted octanol–water partition coefficient (Wildman–Crippen LogP) is 2.78. The van der Waals surface area contributed by atoms with Crippen molar-refractivity contribution in [1.29, 1.82) is 0 Å².